The summed E-state index contributed by atoms with van der Waals surface area (Å²) in [6.07, 6.45) is 3.66. The van der Waals surface area contributed by atoms with Gasteiger partial charge in [0.2, 0.25) is 11.8 Å². The van der Waals surface area contributed by atoms with Crippen LogP contribution in [0.3, 0.4) is 0 Å². The number of aromatic nitrogens is 2. The van der Waals surface area contributed by atoms with Crippen LogP contribution in [0.4, 0.5) is 0 Å². The van der Waals surface area contributed by atoms with E-state index in [1.165, 1.54) is 21.0 Å². The van der Waals surface area contributed by atoms with Gasteiger partial charge in [0, 0.05) is 18.5 Å². The fourth-order valence-electron chi connectivity index (χ4n) is 3.91. The van der Waals surface area contributed by atoms with Gasteiger partial charge in [-0.2, -0.15) is 0 Å². The molecule has 2 heterocycles. The Balaban J connectivity index is 1.54. The largest absolute Gasteiger partial charge is 0.493 e. The lowest BCUT2D eigenvalue weighted by molar-refractivity contribution is -0.152. The number of hydrogen-bond acceptors (Lipinski definition) is 8. The Morgan fingerprint density at radius 2 is 1.95 bits per heavy atom. The second-order valence-electron chi connectivity index (χ2n) is 9.26. The summed E-state index contributed by atoms with van der Waals surface area (Å²) in [5.74, 6) is 1.63. The third kappa shape index (κ3) is 6.00. The molecule has 0 aliphatic rings. The highest BCUT2D eigenvalue weighted by molar-refractivity contribution is 5.77. The van der Waals surface area contributed by atoms with Gasteiger partial charge < -0.3 is 28.7 Å². The maximum atomic E-state index is 11.5. The van der Waals surface area contributed by atoms with Crippen LogP contribution in [-0.4, -0.2) is 33.8 Å². The number of nitrogens with one attached hydrogen (secondary N) is 1. The highest BCUT2D eigenvalue weighted by Crippen LogP contribution is 2.35. The van der Waals surface area contributed by atoms with E-state index in [1.807, 2.05) is 56.3 Å². The highest BCUT2D eigenvalue weighted by atomic mass is 16.5. The molecule has 0 radical (unpaired) electrons. The number of nitrogens with zero attached hydrogens (tertiary/aromatic N) is 2. The molecule has 0 fully saturated rings. The Bertz CT molecular complexity index is 1350. The molecule has 9 heteroatoms. The number of ether oxygens (including phenoxy) is 2. The first kappa shape index (κ1) is 26.0. The summed E-state index contributed by atoms with van der Waals surface area (Å²) >= 11 is 0. The summed E-state index contributed by atoms with van der Waals surface area (Å²) in [6.45, 7) is 7.22. The molecule has 0 saturated carbocycles. The van der Waals surface area contributed by atoms with Gasteiger partial charge in [-0.3, -0.25) is 0 Å². The Labute approximate surface area is 215 Å². The van der Waals surface area contributed by atoms with Crippen LogP contribution in [0, 0.1) is 13.8 Å². The maximum Gasteiger partial charge on any atom is 0.347 e. The second-order valence-corrected chi connectivity index (χ2v) is 9.26. The van der Waals surface area contributed by atoms with Crippen molar-refractivity contribution >= 4 is 5.97 Å². The Hall–Kier alpha value is -4.11. The van der Waals surface area contributed by atoms with Crippen molar-refractivity contribution in [2.45, 2.75) is 52.3 Å². The molecule has 4 rings (SSSR count). The second kappa shape index (κ2) is 10.9. The first-order valence-corrected chi connectivity index (χ1v) is 11.9. The minimum atomic E-state index is -1.40. The van der Waals surface area contributed by atoms with E-state index in [0.717, 1.165) is 28.1 Å². The summed E-state index contributed by atoms with van der Waals surface area (Å²) in [7, 11) is 1.53. The van der Waals surface area contributed by atoms with E-state index < -0.39 is 11.6 Å². The van der Waals surface area contributed by atoms with E-state index >= 15 is 0 Å². The van der Waals surface area contributed by atoms with Gasteiger partial charge in [0.05, 0.1) is 25.0 Å². The lowest BCUT2D eigenvalue weighted by atomic mass is 10.1. The van der Waals surface area contributed by atoms with E-state index in [2.05, 4.69) is 10.3 Å². The molecule has 2 aromatic heterocycles. The van der Waals surface area contributed by atoms with Gasteiger partial charge in [-0.15, -0.1) is 0 Å². The van der Waals surface area contributed by atoms with Crippen LogP contribution in [0.5, 0.6) is 11.5 Å². The Morgan fingerprint density at radius 3 is 2.59 bits per heavy atom. The molecule has 0 spiro atoms. The number of carbonyl (C=O) groups is 1. The number of aliphatic carboxylic acids is 1. The molecule has 0 bridgehead atoms. The molecule has 9 nitrogen and oxygen atoms in total. The van der Waals surface area contributed by atoms with E-state index in [9.17, 15) is 9.90 Å². The predicted molar refractivity (Wildman–Crippen MR) is 137 cm³/mol. The molecule has 0 amide bonds. The summed E-state index contributed by atoms with van der Waals surface area (Å²) in [4.78, 5) is 20.6. The van der Waals surface area contributed by atoms with Gasteiger partial charge in [0.25, 0.3) is 0 Å². The van der Waals surface area contributed by atoms with Gasteiger partial charge >= 0.3 is 5.97 Å². The average Bonchev–Trinajstić information content (AvgIpc) is 3.53. The first-order chi connectivity index (χ1) is 17.7. The molecule has 0 aliphatic heterocycles. The summed E-state index contributed by atoms with van der Waals surface area (Å²) in [6, 6.07) is 13.3. The fraction of sp³-hybridized carbons (Fsp3) is 0.321. The van der Waals surface area contributed by atoms with Crippen LogP contribution >= 0.6 is 0 Å². The minimum absolute atomic E-state index is 0.268. The standard InChI is InChI=1S/C28H31N3O6/c1-17-13-19(14-23(34-5)24(17)37-28(3,4)27(32)33)16-30-22(26-29-11-12-35-26)15-21-18(2)36-25(31-21)20-9-7-6-8-10-20/h6-14,22,30H,15-16H2,1-5H3,(H,32,33). The minimum Gasteiger partial charge on any atom is -0.493 e. The molecule has 4 aromatic rings. The number of rotatable bonds is 11. The molecule has 0 aliphatic carbocycles. The lowest BCUT2D eigenvalue weighted by Gasteiger charge is -2.25. The summed E-state index contributed by atoms with van der Waals surface area (Å²) < 4.78 is 22.9. The summed E-state index contributed by atoms with van der Waals surface area (Å²) in [5, 5.41) is 13.0. The van der Waals surface area contributed by atoms with Gasteiger partial charge in [0.1, 0.15) is 12.0 Å². The zero-order valence-corrected chi connectivity index (χ0v) is 21.6. The zero-order chi connectivity index (χ0) is 26.6. The van der Waals surface area contributed by atoms with Crippen LogP contribution in [0.1, 0.15) is 48.4 Å². The number of methoxy groups -OCH3 is 1. The van der Waals surface area contributed by atoms with Gasteiger partial charge in [-0.05, 0) is 57.0 Å². The number of oxazole rings is 2. The lowest BCUT2D eigenvalue weighted by Crippen LogP contribution is -2.38. The third-order valence-corrected chi connectivity index (χ3v) is 6.01. The fourth-order valence-corrected chi connectivity index (χ4v) is 3.91. The van der Waals surface area contributed by atoms with E-state index in [-0.39, 0.29) is 6.04 Å². The van der Waals surface area contributed by atoms with Crippen molar-refractivity contribution in [3.8, 4) is 23.0 Å². The van der Waals surface area contributed by atoms with Crippen molar-refractivity contribution in [3.63, 3.8) is 0 Å². The molecule has 2 N–H and O–H groups in total. The van der Waals surface area contributed by atoms with Crippen molar-refractivity contribution in [2.24, 2.45) is 0 Å². The van der Waals surface area contributed by atoms with Crippen LogP contribution in [0.15, 0.2) is 63.8 Å². The third-order valence-electron chi connectivity index (χ3n) is 6.01. The van der Waals surface area contributed by atoms with Crippen molar-refractivity contribution < 1.29 is 28.2 Å². The molecule has 2 aromatic carbocycles. The number of carboxylic acid groups (broad SMARTS) is 1. The molecule has 1 atom stereocenters. The van der Waals surface area contributed by atoms with Gasteiger partial charge in [0.15, 0.2) is 17.1 Å². The first-order valence-electron chi connectivity index (χ1n) is 11.9. The molecule has 194 valence electrons. The number of hydrogen-bond donors (Lipinski definition) is 2. The van der Waals surface area contributed by atoms with E-state index in [4.69, 9.17) is 23.3 Å². The predicted octanol–water partition coefficient (Wildman–Crippen LogP) is 5.27. The smallest absolute Gasteiger partial charge is 0.347 e. The van der Waals surface area contributed by atoms with E-state index in [1.54, 1.807) is 12.5 Å². The molecule has 1 unspecified atom stereocenters. The summed E-state index contributed by atoms with van der Waals surface area (Å²) in [5.41, 5.74) is 2.00. The Kier molecular flexibility index (Phi) is 7.63. The quantitative estimate of drug-likeness (QED) is 0.281. The van der Waals surface area contributed by atoms with Crippen LogP contribution in [0.2, 0.25) is 0 Å². The monoisotopic (exact) mass is 505 g/mol. The Morgan fingerprint density at radius 1 is 1.19 bits per heavy atom. The number of aryl methyl sites for hydroxylation is 2. The van der Waals surface area contributed by atoms with Gasteiger partial charge in [-0.1, -0.05) is 24.3 Å². The SMILES string of the molecule is COc1cc(CNC(Cc2nc(-c3ccccc3)oc2C)c2ncco2)cc(C)c1OC(C)(C)C(=O)O. The molecular weight excluding hydrogens is 474 g/mol. The highest BCUT2D eigenvalue weighted by Gasteiger charge is 2.31. The van der Waals surface area contributed by atoms with Crippen LogP contribution < -0.4 is 14.8 Å². The number of carboxylic acids is 1. The number of benzene rings is 2. The van der Waals surface area contributed by atoms with Gasteiger partial charge in [-0.25, -0.2) is 14.8 Å². The maximum absolute atomic E-state index is 11.5. The van der Waals surface area contributed by atoms with Crippen molar-refractivity contribution in [1.29, 1.82) is 0 Å². The van der Waals surface area contributed by atoms with E-state index in [0.29, 0.717) is 36.2 Å². The molecule has 37 heavy (non-hydrogen) atoms. The molecular formula is C28H31N3O6. The van der Waals surface area contributed by atoms with Crippen molar-refractivity contribution in [3.05, 3.63) is 83.4 Å². The normalized spacial score (nSPS) is 12.4. The van der Waals surface area contributed by atoms with Crippen molar-refractivity contribution in [1.82, 2.24) is 15.3 Å². The topological polar surface area (TPSA) is 120 Å². The van der Waals surface area contributed by atoms with Crippen molar-refractivity contribution in [2.75, 3.05) is 7.11 Å². The molecule has 0 saturated heterocycles. The van der Waals surface area contributed by atoms with Crippen LogP contribution in [-0.2, 0) is 17.8 Å². The zero-order valence-electron chi connectivity index (χ0n) is 21.6. The van der Waals surface area contributed by atoms with Crippen LogP contribution in [0.25, 0.3) is 11.5 Å². The average molecular weight is 506 g/mol.